The molecule has 3 atom stereocenters. The second-order valence-corrected chi connectivity index (χ2v) is 6.28. The van der Waals surface area contributed by atoms with Crippen molar-refractivity contribution in [2.75, 3.05) is 20.3 Å². The first-order chi connectivity index (χ1) is 9.65. The topological polar surface area (TPSA) is 30.5 Å². The Bertz CT molecular complexity index is 438. The highest BCUT2D eigenvalue weighted by atomic mass is 79.9. The van der Waals surface area contributed by atoms with Crippen LogP contribution >= 0.6 is 15.9 Å². The molecule has 1 aromatic rings. The normalized spacial score (nSPS) is 23.8. The molecule has 4 heteroatoms. The third-order valence-electron chi connectivity index (χ3n) is 4.00. The van der Waals surface area contributed by atoms with Gasteiger partial charge in [0.2, 0.25) is 0 Å². The quantitative estimate of drug-likeness (QED) is 0.860. The molecule has 0 aromatic heterocycles. The van der Waals surface area contributed by atoms with E-state index in [9.17, 15) is 0 Å². The van der Waals surface area contributed by atoms with Crippen LogP contribution in [0.2, 0.25) is 0 Å². The van der Waals surface area contributed by atoms with Crippen LogP contribution in [-0.2, 0) is 11.2 Å². The van der Waals surface area contributed by atoms with Gasteiger partial charge in [-0.25, -0.2) is 0 Å². The summed E-state index contributed by atoms with van der Waals surface area (Å²) in [4.78, 5) is 0. The molecule has 2 rings (SSSR count). The molecule has 1 heterocycles. The standard InChI is InChI=1S/C16H24BrNO2/c1-4-18-15(16-11(2)7-8-20-16)10-12-9-13(19-3)5-6-14(12)17/h5-6,9,11,15-16,18H,4,7-8,10H2,1-3H3. The van der Waals surface area contributed by atoms with Gasteiger partial charge in [-0.1, -0.05) is 29.8 Å². The fourth-order valence-electron chi connectivity index (χ4n) is 2.87. The fourth-order valence-corrected chi connectivity index (χ4v) is 3.28. The smallest absolute Gasteiger partial charge is 0.119 e. The lowest BCUT2D eigenvalue weighted by Gasteiger charge is -2.27. The molecule has 1 aliphatic heterocycles. The minimum absolute atomic E-state index is 0.299. The van der Waals surface area contributed by atoms with Crippen LogP contribution in [0, 0.1) is 5.92 Å². The molecule has 0 radical (unpaired) electrons. The highest BCUT2D eigenvalue weighted by Gasteiger charge is 2.31. The Kier molecular flexibility index (Phi) is 5.87. The molecule has 0 bridgehead atoms. The van der Waals surface area contributed by atoms with E-state index in [0.717, 1.165) is 36.2 Å². The summed E-state index contributed by atoms with van der Waals surface area (Å²) in [6, 6.07) is 6.48. The summed E-state index contributed by atoms with van der Waals surface area (Å²) in [5, 5.41) is 3.58. The van der Waals surface area contributed by atoms with E-state index in [1.54, 1.807) is 7.11 Å². The van der Waals surface area contributed by atoms with Gasteiger partial charge in [-0.05, 0) is 49.1 Å². The number of benzene rings is 1. The lowest BCUT2D eigenvalue weighted by Crippen LogP contribution is -2.43. The fraction of sp³-hybridized carbons (Fsp3) is 0.625. The molecule has 0 saturated carbocycles. The SMILES string of the molecule is CCNC(Cc1cc(OC)ccc1Br)C1OCCC1C. The Labute approximate surface area is 130 Å². The Morgan fingerprint density at radius 1 is 1.50 bits per heavy atom. The molecule has 1 saturated heterocycles. The Balaban J connectivity index is 2.15. The van der Waals surface area contributed by atoms with Gasteiger partial charge < -0.3 is 14.8 Å². The predicted molar refractivity (Wildman–Crippen MR) is 85.4 cm³/mol. The average molecular weight is 342 g/mol. The summed E-state index contributed by atoms with van der Waals surface area (Å²) >= 11 is 3.64. The number of nitrogens with one attached hydrogen (secondary N) is 1. The minimum Gasteiger partial charge on any atom is -0.497 e. The molecule has 0 amide bonds. The summed E-state index contributed by atoms with van der Waals surface area (Å²) in [6.45, 7) is 6.27. The maximum absolute atomic E-state index is 5.94. The molecule has 112 valence electrons. The van der Waals surface area contributed by atoms with Crippen molar-refractivity contribution in [3.8, 4) is 5.75 Å². The van der Waals surface area contributed by atoms with E-state index < -0.39 is 0 Å². The molecular weight excluding hydrogens is 318 g/mol. The molecule has 3 unspecified atom stereocenters. The number of rotatable bonds is 6. The van der Waals surface area contributed by atoms with Crippen molar-refractivity contribution in [3.63, 3.8) is 0 Å². The number of ether oxygens (including phenoxy) is 2. The molecule has 0 aliphatic carbocycles. The molecule has 3 nitrogen and oxygen atoms in total. The number of likely N-dealkylation sites (N-methyl/N-ethyl adjacent to an activating group) is 1. The number of halogens is 1. The van der Waals surface area contributed by atoms with Crippen LogP contribution in [0.3, 0.4) is 0 Å². The van der Waals surface area contributed by atoms with Crippen molar-refractivity contribution in [3.05, 3.63) is 28.2 Å². The first-order valence-electron chi connectivity index (χ1n) is 7.33. The van der Waals surface area contributed by atoms with E-state index in [1.165, 1.54) is 5.56 Å². The maximum atomic E-state index is 5.94. The zero-order chi connectivity index (χ0) is 14.5. The third kappa shape index (κ3) is 3.74. The van der Waals surface area contributed by atoms with E-state index in [2.05, 4.69) is 47.2 Å². The lowest BCUT2D eigenvalue weighted by atomic mass is 9.93. The van der Waals surface area contributed by atoms with Crippen LogP contribution in [0.5, 0.6) is 5.75 Å². The Morgan fingerprint density at radius 3 is 2.90 bits per heavy atom. The molecule has 1 fully saturated rings. The van der Waals surface area contributed by atoms with Crippen LogP contribution in [0.25, 0.3) is 0 Å². The summed E-state index contributed by atoms with van der Waals surface area (Å²) in [6.07, 6.45) is 2.40. The van der Waals surface area contributed by atoms with Gasteiger partial charge in [0.15, 0.2) is 0 Å². The largest absolute Gasteiger partial charge is 0.497 e. The number of hydrogen-bond acceptors (Lipinski definition) is 3. The lowest BCUT2D eigenvalue weighted by molar-refractivity contribution is 0.0614. The van der Waals surface area contributed by atoms with Crippen molar-refractivity contribution < 1.29 is 9.47 Å². The van der Waals surface area contributed by atoms with E-state index >= 15 is 0 Å². The van der Waals surface area contributed by atoms with Gasteiger partial charge in [0.05, 0.1) is 13.2 Å². The van der Waals surface area contributed by atoms with E-state index in [4.69, 9.17) is 9.47 Å². The van der Waals surface area contributed by atoms with Gasteiger partial charge >= 0.3 is 0 Å². The summed E-state index contributed by atoms with van der Waals surface area (Å²) < 4.78 is 12.4. The number of methoxy groups -OCH3 is 1. The highest BCUT2D eigenvalue weighted by molar-refractivity contribution is 9.10. The molecule has 1 N–H and O–H groups in total. The zero-order valence-corrected chi connectivity index (χ0v) is 14.1. The third-order valence-corrected chi connectivity index (χ3v) is 4.77. The molecular formula is C16H24BrNO2. The zero-order valence-electron chi connectivity index (χ0n) is 12.5. The summed E-state index contributed by atoms with van der Waals surface area (Å²) in [5.41, 5.74) is 1.26. The highest BCUT2D eigenvalue weighted by Crippen LogP contribution is 2.28. The first-order valence-corrected chi connectivity index (χ1v) is 8.12. The Morgan fingerprint density at radius 2 is 2.30 bits per heavy atom. The average Bonchev–Trinajstić information content (AvgIpc) is 2.86. The van der Waals surface area contributed by atoms with Crippen LogP contribution in [0.1, 0.15) is 25.8 Å². The van der Waals surface area contributed by atoms with Gasteiger partial charge in [-0.2, -0.15) is 0 Å². The van der Waals surface area contributed by atoms with Gasteiger partial charge in [0.25, 0.3) is 0 Å². The van der Waals surface area contributed by atoms with Gasteiger partial charge in [-0.15, -0.1) is 0 Å². The van der Waals surface area contributed by atoms with Crippen molar-refractivity contribution >= 4 is 15.9 Å². The van der Waals surface area contributed by atoms with Gasteiger partial charge in [-0.3, -0.25) is 0 Å². The first kappa shape index (κ1) is 15.8. The van der Waals surface area contributed by atoms with E-state index in [1.807, 2.05) is 6.07 Å². The van der Waals surface area contributed by atoms with Crippen molar-refractivity contribution in [1.82, 2.24) is 5.32 Å². The van der Waals surface area contributed by atoms with Crippen molar-refractivity contribution in [2.24, 2.45) is 5.92 Å². The Hall–Kier alpha value is -0.580. The van der Waals surface area contributed by atoms with Crippen LogP contribution < -0.4 is 10.1 Å². The van der Waals surface area contributed by atoms with Gasteiger partial charge in [0, 0.05) is 17.1 Å². The van der Waals surface area contributed by atoms with Gasteiger partial charge in [0.1, 0.15) is 5.75 Å². The maximum Gasteiger partial charge on any atom is 0.119 e. The summed E-state index contributed by atoms with van der Waals surface area (Å²) in [7, 11) is 1.71. The van der Waals surface area contributed by atoms with Crippen LogP contribution in [0.15, 0.2) is 22.7 Å². The molecule has 20 heavy (non-hydrogen) atoms. The van der Waals surface area contributed by atoms with E-state index in [0.29, 0.717) is 18.1 Å². The second kappa shape index (κ2) is 7.43. The summed E-state index contributed by atoms with van der Waals surface area (Å²) in [5.74, 6) is 1.52. The second-order valence-electron chi connectivity index (χ2n) is 5.43. The van der Waals surface area contributed by atoms with Crippen LogP contribution in [0.4, 0.5) is 0 Å². The van der Waals surface area contributed by atoms with Crippen molar-refractivity contribution in [1.29, 1.82) is 0 Å². The predicted octanol–water partition coefficient (Wildman–Crippen LogP) is 3.40. The minimum atomic E-state index is 0.299. The van der Waals surface area contributed by atoms with Crippen LogP contribution in [-0.4, -0.2) is 32.4 Å². The molecule has 0 spiro atoms. The molecule has 1 aromatic carbocycles. The monoisotopic (exact) mass is 341 g/mol. The van der Waals surface area contributed by atoms with E-state index in [-0.39, 0.29) is 0 Å². The number of hydrogen-bond donors (Lipinski definition) is 1. The molecule has 1 aliphatic rings. The van der Waals surface area contributed by atoms with Crippen molar-refractivity contribution in [2.45, 2.75) is 38.8 Å².